The highest BCUT2D eigenvalue weighted by Gasteiger charge is 2.09. The third-order valence-corrected chi connectivity index (χ3v) is 4.13. The van der Waals surface area contributed by atoms with E-state index in [0.29, 0.717) is 10.6 Å². The molecule has 0 fully saturated rings. The Morgan fingerprint density at radius 2 is 1.82 bits per heavy atom. The van der Waals surface area contributed by atoms with Crippen LogP contribution in [0.1, 0.15) is 25.7 Å². The molecule has 2 aromatic rings. The van der Waals surface area contributed by atoms with Gasteiger partial charge in [0.2, 0.25) is 0 Å². The number of thiophene rings is 1. The summed E-state index contributed by atoms with van der Waals surface area (Å²) in [4.78, 5) is 25.0. The second-order valence-electron chi connectivity index (χ2n) is 4.95. The molecule has 0 radical (unpaired) electrons. The van der Waals surface area contributed by atoms with Crippen LogP contribution in [0.2, 0.25) is 0 Å². The first-order valence-corrected chi connectivity index (χ1v) is 7.63. The van der Waals surface area contributed by atoms with Crippen LogP contribution < -0.4 is 15.6 Å². The maximum absolute atomic E-state index is 11.8. The summed E-state index contributed by atoms with van der Waals surface area (Å²) >= 11 is 1.37. The van der Waals surface area contributed by atoms with Crippen LogP contribution in [-0.2, 0) is 4.79 Å². The first-order chi connectivity index (χ1) is 10.5. The molecule has 0 aliphatic carbocycles. The molecule has 0 aliphatic heterocycles. The lowest BCUT2D eigenvalue weighted by atomic mass is 10.1. The van der Waals surface area contributed by atoms with Gasteiger partial charge in [0, 0.05) is 4.88 Å². The topological polar surface area (TPSA) is 67.4 Å². The molecule has 0 aliphatic rings. The molecule has 0 atom stereocenters. The van der Waals surface area contributed by atoms with Crippen molar-refractivity contribution in [1.29, 1.82) is 0 Å². The van der Waals surface area contributed by atoms with Gasteiger partial charge >= 0.3 is 0 Å². The molecule has 116 valence electrons. The number of hydrazine groups is 1. The largest absolute Gasteiger partial charge is 0.484 e. The molecule has 1 aromatic carbocycles. The van der Waals surface area contributed by atoms with E-state index in [2.05, 4.69) is 10.9 Å². The standard InChI is InChI=1S/C16H18N2O3S/c1-10-4-6-13(8-11(10)2)21-9-15(19)17-18-16(20)14-7-5-12(3)22-14/h4-8H,9H2,1-3H3,(H,17,19)(H,18,20). The Morgan fingerprint density at radius 3 is 2.45 bits per heavy atom. The summed E-state index contributed by atoms with van der Waals surface area (Å²) in [5.41, 5.74) is 6.95. The first-order valence-electron chi connectivity index (χ1n) is 6.81. The van der Waals surface area contributed by atoms with Crippen molar-refractivity contribution in [3.63, 3.8) is 0 Å². The summed E-state index contributed by atoms with van der Waals surface area (Å²) in [6, 6.07) is 9.18. The monoisotopic (exact) mass is 318 g/mol. The van der Waals surface area contributed by atoms with Crippen molar-refractivity contribution in [2.45, 2.75) is 20.8 Å². The highest BCUT2D eigenvalue weighted by atomic mass is 32.1. The highest BCUT2D eigenvalue weighted by molar-refractivity contribution is 7.13. The predicted molar refractivity (Wildman–Crippen MR) is 86.1 cm³/mol. The van der Waals surface area contributed by atoms with Crippen LogP contribution in [-0.4, -0.2) is 18.4 Å². The van der Waals surface area contributed by atoms with Crippen molar-refractivity contribution in [2.24, 2.45) is 0 Å². The fraction of sp³-hybridized carbons (Fsp3) is 0.250. The number of aryl methyl sites for hydroxylation is 3. The predicted octanol–water partition coefficient (Wildman–Crippen LogP) is 2.51. The Morgan fingerprint density at radius 1 is 1.05 bits per heavy atom. The second-order valence-corrected chi connectivity index (χ2v) is 6.24. The first kappa shape index (κ1) is 16.0. The number of carbonyl (C=O) groups excluding carboxylic acids is 2. The number of hydrogen-bond donors (Lipinski definition) is 2. The van der Waals surface area contributed by atoms with E-state index >= 15 is 0 Å². The number of ether oxygens (including phenoxy) is 1. The summed E-state index contributed by atoms with van der Waals surface area (Å²) in [5.74, 6) is -0.129. The zero-order valence-corrected chi connectivity index (χ0v) is 13.5. The summed E-state index contributed by atoms with van der Waals surface area (Å²) in [5, 5.41) is 0. The van der Waals surface area contributed by atoms with Gasteiger partial charge in [0.05, 0.1) is 4.88 Å². The molecule has 2 N–H and O–H groups in total. The van der Waals surface area contributed by atoms with E-state index in [1.54, 1.807) is 6.07 Å². The molecule has 5 nitrogen and oxygen atoms in total. The van der Waals surface area contributed by atoms with Gasteiger partial charge in [-0.1, -0.05) is 6.07 Å². The number of hydrogen-bond acceptors (Lipinski definition) is 4. The highest BCUT2D eigenvalue weighted by Crippen LogP contribution is 2.16. The average Bonchev–Trinajstić information content (AvgIpc) is 2.92. The zero-order valence-electron chi connectivity index (χ0n) is 12.7. The molecule has 0 unspecified atom stereocenters. The van der Waals surface area contributed by atoms with Gasteiger partial charge in [-0.2, -0.15) is 0 Å². The molecule has 2 rings (SSSR count). The maximum Gasteiger partial charge on any atom is 0.279 e. The zero-order chi connectivity index (χ0) is 16.1. The second kappa shape index (κ2) is 7.09. The number of nitrogens with one attached hydrogen (secondary N) is 2. The van der Waals surface area contributed by atoms with Crippen LogP contribution >= 0.6 is 11.3 Å². The van der Waals surface area contributed by atoms with Crippen molar-refractivity contribution in [1.82, 2.24) is 10.9 Å². The SMILES string of the molecule is Cc1ccc(C(=O)NNC(=O)COc2ccc(C)c(C)c2)s1. The third kappa shape index (κ3) is 4.33. The van der Waals surface area contributed by atoms with Crippen LogP contribution in [0.15, 0.2) is 30.3 Å². The van der Waals surface area contributed by atoms with E-state index in [1.807, 2.05) is 45.0 Å². The van der Waals surface area contributed by atoms with Crippen molar-refractivity contribution in [2.75, 3.05) is 6.61 Å². The minimum Gasteiger partial charge on any atom is -0.484 e. The summed E-state index contributed by atoms with van der Waals surface area (Å²) in [6.45, 7) is 5.74. The van der Waals surface area contributed by atoms with E-state index in [-0.39, 0.29) is 12.5 Å². The van der Waals surface area contributed by atoms with Crippen molar-refractivity contribution in [3.05, 3.63) is 51.2 Å². The van der Waals surface area contributed by atoms with Gasteiger partial charge in [0.1, 0.15) is 5.75 Å². The van der Waals surface area contributed by atoms with Gasteiger partial charge in [0.15, 0.2) is 6.61 Å². The molecule has 0 saturated carbocycles. The van der Waals surface area contributed by atoms with Crippen LogP contribution in [0.3, 0.4) is 0 Å². The van der Waals surface area contributed by atoms with Crippen LogP contribution in [0.4, 0.5) is 0 Å². The lowest BCUT2D eigenvalue weighted by molar-refractivity contribution is -0.123. The molecule has 0 bridgehead atoms. The van der Waals surface area contributed by atoms with E-state index in [0.717, 1.165) is 16.0 Å². The minimum atomic E-state index is -0.417. The van der Waals surface area contributed by atoms with Crippen LogP contribution in [0.5, 0.6) is 5.75 Å². The van der Waals surface area contributed by atoms with Gasteiger partial charge in [-0.15, -0.1) is 11.3 Å². The minimum absolute atomic E-state index is 0.160. The van der Waals surface area contributed by atoms with Crippen LogP contribution in [0.25, 0.3) is 0 Å². The van der Waals surface area contributed by atoms with Crippen molar-refractivity contribution in [3.8, 4) is 5.75 Å². The van der Waals surface area contributed by atoms with Crippen LogP contribution in [0, 0.1) is 20.8 Å². The molecule has 22 heavy (non-hydrogen) atoms. The van der Waals surface area contributed by atoms with Gasteiger partial charge in [-0.3, -0.25) is 20.4 Å². The number of benzene rings is 1. The lowest BCUT2D eigenvalue weighted by Crippen LogP contribution is -2.43. The van der Waals surface area contributed by atoms with Gasteiger partial charge in [-0.05, 0) is 56.2 Å². The van der Waals surface area contributed by atoms with Gasteiger partial charge in [-0.25, -0.2) is 0 Å². The Hall–Kier alpha value is -2.34. The quantitative estimate of drug-likeness (QED) is 0.851. The smallest absolute Gasteiger partial charge is 0.279 e. The molecule has 1 aromatic heterocycles. The number of amides is 2. The average molecular weight is 318 g/mol. The van der Waals surface area contributed by atoms with E-state index in [1.165, 1.54) is 11.3 Å². The van der Waals surface area contributed by atoms with Gasteiger partial charge in [0.25, 0.3) is 11.8 Å². The maximum atomic E-state index is 11.8. The van der Waals surface area contributed by atoms with Crippen molar-refractivity contribution >= 4 is 23.2 Å². The summed E-state index contributed by atoms with van der Waals surface area (Å²) < 4.78 is 5.38. The summed E-state index contributed by atoms with van der Waals surface area (Å²) in [6.07, 6.45) is 0. The Kier molecular flexibility index (Phi) is 5.16. The normalized spacial score (nSPS) is 10.1. The third-order valence-electron chi connectivity index (χ3n) is 3.13. The molecule has 0 spiro atoms. The molecular formula is C16H18N2O3S. The number of carbonyl (C=O) groups is 2. The number of rotatable bonds is 4. The van der Waals surface area contributed by atoms with Crippen molar-refractivity contribution < 1.29 is 14.3 Å². The molecular weight excluding hydrogens is 300 g/mol. The molecule has 2 amide bonds. The van der Waals surface area contributed by atoms with Gasteiger partial charge < -0.3 is 4.74 Å². The fourth-order valence-electron chi connectivity index (χ4n) is 1.73. The van der Waals surface area contributed by atoms with E-state index in [4.69, 9.17) is 4.74 Å². The Balaban J connectivity index is 1.78. The Bertz CT molecular complexity index is 694. The molecule has 0 saturated heterocycles. The Labute approximate surface area is 133 Å². The van der Waals surface area contributed by atoms with E-state index in [9.17, 15) is 9.59 Å². The molecule has 6 heteroatoms. The lowest BCUT2D eigenvalue weighted by Gasteiger charge is -2.09. The van der Waals surface area contributed by atoms with E-state index < -0.39 is 5.91 Å². The summed E-state index contributed by atoms with van der Waals surface area (Å²) in [7, 11) is 0. The fourth-order valence-corrected chi connectivity index (χ4v) is 2.50. The molecule has 1 heterocycles.